The van der Waals surface area contributed by atoms with Crippen molar-refractivity contribution in [2.24, 2.45) is 0 Å². The second-order valence-corrected chi connectivity index (χ2v) is 6.92. The molecule has 8 heteroatoms. The van der Waals surface area contributed by atoms with E-state index in [1.807, 2.05) is 11.0 Å². The second-order valence-electron chi connectivity index (χ2n) is 6.52. The maximum Gasteiger partial charge on any atom is 0.229 e. The normalized spacial score (nSPS) is 13.8. The number of rotatable bonds is 4. The Hall–Kier alpha value is -3.11. The van der Waals surface area contributed by atoms with Gasteiger partial charge in [0.2, 0.25) is 17.5 Å². The predicted octanol–water partition coefficient (Wildman–Crippen LogP) is 3.14. The first-order valence-electron chi connectivity index (χ1n) is 8.88. The van der Waals surface area contributed by atoms with Crippen LogP contribution in [-0.2, 0) is 16.0 Å². The molecular formula is C20H20ClN5O2. The molecule has 1 aromatic heterocycles. The average molecular weight is 398 g/mol. The zero-order valence-corrected chi connectivity index (χ0v) is 16.2. The van der Waals surface area contributed by atoms with E-state index in [2.05, 4.69) is 20.0 Å². The molecule has 2 aromatic rings. The number of hydrogen-bond donors (Lipinski definition) is 1. The van der Waals surface area contributed by atoms with Crippen LogP contribution >= 0.6 is 11.6 Å². The molecule has 0 aliphatic carbocycles. The van der Waals surface area contributed by atoms with Crippen LogP contribution in [0.1, 0.15) is 12.5 Å². The third kappa shape index (κ3) is 4.78. The lowest BCUT2D eigenvalue weighted by atomic mass is 10.1. The van der Waals surface area contributed by atoms with Gasteiger partial charge in [-0.1, -0.05) is 29.8 Å². The van der Waals surface area contributed by atoms with E-state index in [1.165, 1.54) is 0 Å². The van der Waals surface area contributed by atoms with Crippen molar-refractivity contribution in [1.29, 1.82) is 0 Å². The lowest BCUT2D eigenvalue weighted by Crippen LogP contribution is -2.48. The van der Waals surface area contributed by atoms with E-state index >= 15 is 0 Å². The van der Waals surface area contributed by atoms with Gasteiger partial charge >= 0.3 is 0 Å². The molecule has 0 atom stereocenters. The van der Waals surface area contributed by atoms with Gasteiger partial charge in [0.15, 0.2) is 0 Å². The molecule has 2 heterocycles. The maximum absolute atomic E-state index is 12.2. The first-order valence-corrected chi connectivity index (χ1v) is 9.26. The summed E-state index contributed by atoms with van der Waals surface area (Å²) >= 11 is 6.01. The van der Waals surface area contributed by atoms with Crippen molar-refractivity contribution in [1.82, 2.24) is 9.88 Å². The molecule has 1 aliphatic rings. The standard InChI is InChI=1S/C20H20ClN5O2/c1-14(27)25-7-9-26(10-8-25)16-4-6-19(23-13-16)24-20(28)12-15-3-5-18(22-2)17(21)11-15/h3-6,11,13H,7-10,12H2,1H3,(H,23,24,28). The van der Waals surface area contributed by atoms with Crippen LogP contribution in [0.2, 0.25) is 5.02 Å². The summed E-state index contributed by atoms with van der Waals surface area (Å²) in [6, 6.07) is 8.63. The number of halogens is 1. The topological polar surface area (TPSA) is 69.9 Å². The number of pyridine rings is 1. The van der Waals surface area contributed by atoms with E-state index in [4.69, 9.17) is 18.2 Å². The number of benzene rings is 1. The molecule has 7 nitrogen and oxygen atoms in total. The fourth-order valence-corrected chi connectivity index (χ4v) is 3.30. The molecular weight excluding hydrogens is 378 g/mol. The van der Waals surface area contributed by atoms with Crippen molar-refractivity contribution in [3.8, 4) is 0 Å². The third-order valence-corrected chi connectivity index (χ3v) is 4.91. The molecule has 0 bridgehead atoms. The first-order chi connectivity index (χ1) is 13.5. The highest BCUT2D eigenvalue weighted by atomic mass is 35.5. The van der Waals surface area contributed by atoms with Gasteiger partial charge in [0, 0.05) is 38.1 Å². The summed E-state index contributed by atoms with van der Waals surface area (Å²) in [6.45, 7) is 11.5. The second kappa shape index (κ2) is 8.72. The van der Waals surface area contributed by atoms with E-state index in [0.29, 0.717) is 29.6 Å². The van der Waals surface area contributed by atoms with Gasteiger partial charge in [-0.15, -0.1) is 0 Å². The van der Waals surface area contributed by atoms with Gasteiger partial charge in [-0.05, 0) is 17.7 Å². The number of carbonyl (C=O) groups is 2. The zero-order valence-electron chi connectivity index (χ0n) is 15.5. The third-order valence-electron chi connectivity index (χ3n) is 4.60. The van der Waals surface area contributed by atoms with Gasteiger partial charge in [-0.2, -0.15) is 0 Å². The van der Waals surface area contributed by atoms with E-state index in [1.54, 1.807) is 37.4 Å². The molecule has 0 saturated carbocycles. The highest BCUT2D eigenvalue weighted by molar-refractivity contribution is 6.33. The molecule has 0 spiro atoms. The van der Waals surface area contributed by atoms with Crippen LogP contribution in [0.15, 0.2) is 36.5 Å². The van der Waals surface area contributed by atoms with Crippen LogP contribution in [-0.4, -0.2) is 47.9 Å². The molecule has 0 radical (unpaired) electrons. The number of hydrogen-bond acceptors (Lipinski definition) is 4. The van der Waals surface area contributed by atoms with Gasteiger partial charge in [-0.3, -0.25) is 9.59 Å². The Balaban J connectivity index is 1.55. The molecule has 1 N–H and O–H groups in total. The van der Waals surface area contributed by atoms with Gasteiger partial charge in [0.1, 0.15) is 5.82 Å². The molecule has 0 unspecified atom stereocenters. The minimum atomic E-state index is -0.207. The monoisotopic (exact) mass is 397 g/mol. The fourth-order valence-electron chi connectivity index (χ4n) is 3.05. The molecule has 28 heavy (non-hydrogen) atoms. The molecule has 1 saturated heterocycles. The Bertz CT molecular complexity index is 915. The number of nitrogens with zero attached hydrogens (tertiary/aromatic N) is 4. The van der Waals surface area contributed by atoms with Gasteiger partial charge in [-0.25, -0.2) is 9.83 Å². The van der Waals surface area contributed by atoms with Crippen molar-refractivity contribution in [3.63, 3.8) is 0 Å². The minimum absolute atomic E-state index is 0.0980. The van der Waals surface area contributed by atoms with Crippen LogP contribution in [0.5, 0.6) is 0 Å². The van der Waals surface area contributed by atoms with Crippen molar-refractivity contribution in [2.75, 3.05) is 36.4 Å². The Labute approximate surface area is 168 Å². The van der Waals surface area contributed by atoms with Crippen molar-refractivity contribution < 1.29 is 9.59 Å². The SMILES string of the molecule is [C-]#[N+]c1ccc(CC(=O)Nc2ccc(N3CCN(C(C)=O)CC3)cn2)cc1Cl. The molecule has 1 aliphatic heterocycles. The predicted molar refractivity (Wildman–Crippen MR) is 109 cm³/mol. The number of anilines is 2. The summed E-state index contributed by atoms with van der Waals surface area (Å²) in [4.78, 5) is 35.2. The Morgan fingerprint density at radius 1 is 1.21 bits per heavy atom. The number of carbonyl (C=O) groups excluding carboxylic acids is 2. The van der Waals surface area contributed by atoms with E-state index in [9.17, 15) is 9.59 Å². The lowest BCUT2D eigenvalue weighted by Gasteiger charge is -2.35. The average Bonchev–Trinajstić information content (AvgIpc) is 2.69. The highest BCUT2D eigenvalue weighted by Crippen LogP contribution is 2.26. The van der Waals surface area contributed by atoms with Crippen LogP contribution in [0, 0.1) is 6.57 Å². The van der Waals surface area contributed by atoms with Gasteiger partial charge < -0.3 is 15.1 Å². The Morgan fingerprint density at radius 2 is 1.96 bits per heavy atom. The van der Waals surface area contributed by atoms with Crippen LogP contribution in [0.3, 0.4) is 0 Å². The largest absolute Gasteiger partial charge is 0.367 e. The number of piperazine rings is 1. The number of nitrogens with one attached hydrogen (secondary N) is 1. The smallest absolute Gasteiger partial charge is 0.229 e. The summed E-state index contributed by atoms with van der Waals surface area (Å²) in [5.41, 5.74) is 2.06. The summed E-state index contributed by atoms with van der Waals surface area (Å²) in [6.07, 6.45) is 1.87. The molecule has 1 aromatic carbocycles. The van der Waals surface area contributed by atoms with Crippen LogP contribution < -0.4 is 10.2 Å². The molecule has 144 valence electrons. The minimum Gasteiger partial charge on any atom is -0.367 e. The van der Waals surface area contributed by atoms with Crippen molar-refractivity contribution in [3.05, 3.63) is 58.5 Å². The maximum atomic E-state index is 12.2. The summed E-state index contributed by atoms with van der Waals surface area (Å²) in [5, 5.41) is 3.11. The quantitative estimate of drug-likeness (QED) is 0.805. The van der Waals surface area contributed by atoms with E-state index in [0.717, 1.165) is 24.3 Å². The summed E-state index contributed by atoms with van der Waals surface area (Å²) in [7, 11) is 0. The Kier molecular flexibility index (Phi) is 6.12. The lowest BCUT2D eigenvalue weighted by molar-refractivity contribution is -0.129. The highest BCUT2D eigenvalue weighted by Gasteiger charge is 2.19. The molecule has 1 fully saturated rings. The first kappa shape index (κ1) is 19.6. The van der Waals surface area contributed by atoms with E-state index in [-0.39, 0.29) is 18.2 Å². The van der Waals surface area contributed by atoms with E-state index < -0.39 is 0 Å². The van der Waals surface area contributed by atoms with Gasteiger partial charge in [0.05, 0.1) is 24.9 Å². The molecule has 2 amide bonds. The zero-order chi connectivity index (χ0) is 20.1. The fraction of sp³-hybridized carbons (Fsp3) is 0.300. The Morgan fingerprint density at radius 3 is 2.54 bits per heavy atom. The van der Waals surface area contributed by atoms with Crippen molar-refractivity contribution in [2.45, 2.75) is 13.3 Å². The summed E-state index contributed by atoms with van der Waals surface area (Å²) in [5.74, 6) is 0.364. The summed E-state index contributed by atoms with van der Waals surface area (Å²) < 4.78 is 0. The van der Waals surface area contributed by atoms with Gasteiger partial charge in [0.25, 0.3) is 0 Å². The van der Waals surface area contributed by atoms with Crippen molar-refractivity contribution >= 4 is 40.6 Å². The number of aromatic nitrogens is 1. The molecule has 3 rings (SSSR count). The van der Waals surface area contributed by atoms with Crippen LogP contribution in [0.4, 0.5) is 17.2 Å². The number of amides is 2. The van der Waals surface area contributed by atoms with Crippen LogP contribution in [0.25, 0.3) is 4.85 Å².